The maximum Gasteiger partial charge on any atom is 0.0499 e. The van der Waals surface area contributed by atoms with Crippen LogP contribution >= 0.6 is 0 Å². The summed E-state index contributed by atoms with van der Waals surface area (Å²) in [6.07, 6.45) is 9.02. The Hall–Kier alpha value is -0.0500. The van der Waals surface area contributed by atoms with Crippen LogP contribution in [0.25, 0.3) is 0 Å². The second-order valence-electron chi connectivity index (χ2n) is 4.46. The van der Waals surface area contributed by atoms with Gasteiger partial charge in [-0.1, -0.05) is 25.7 Å². The molecule has 0 unspecified atom stereocenters. The van der Waals surface area contributed by atoms with Crippen molar-refractivity contribution in [1.29, 1.82) is 4.78 Å². The van der Waals surface area contributed by atoms with Gasteiger partial charge < -0.3 is 0 Å². The van der Waals surface area contributed by atoms with Gasteiger partial charge in [0.05, 0.1) is 0 Å². The fraction of sp³-hybridized carbons (Fsp3) is 1.00. The monoisotopic (exact) mass is 201 g/mol. The molecule has 0 amide bonds. The average molecular weight is 201 g/mol. The fourth-order valence-electron chi connectivity index (χ4n) is 2.75. The Kier molecular flexibility index (Phi) is 2.63. The van der Waals surface area contributed by atoms with Crippen molar-refractivity contribution in [2.24, 2.45) is 0 Å². The summed E-state index contributed by atoms with van der Waals surface area (Å²) in [4.78, 5) is 0. The lowest BCUT2D eigenvalue weighted by molar-refractivity contribution is 0.642. The zero-order chi connectivity index (χ0) is 9.31. The first-order valence-electron chi connectivity index (χ1n) is 5.48. The van der Waals surface area contributed by atoms with Crippen LogP contribution in [-0.2, 0) is 9.73 Å². The molecule has 2 aliphatic rings. The van der Waals surface area contributed by atoms with Crippen LogP contribution in [0.3, 0.4) is 0 Å². The van der Waals surface area contributed by atoms with E-state index in [4.69, 9.17) is 4.78 Å². The van der Waals surface area contributed by atoms with Gasteiger partial charge >= 0.3 is 0 Å². The van der Waals surface area contributed by atoms with Crippen molar-refractivity contribution in [2.45, 2.75) is 61.9 Å². The minimum Gasteiger partial charge on any atom is -0.252 e. The molecule has 3 heteroatoms. The van der Waals surface area contributed by atoms with E-state index in [1.54, 1.807) is 0 Å². The van der Waals surface area contributed by atoms with E-state index >= 15 is 0 Å². The van der Waals surface area contributed by atoms with Crippen molar-refractivity contribution < 1.29 is 4.21 Å². The summed E-state index contributed by atoms with van der Waals surface area (Å²) in [5.74, 6) is 0. The molecule has 0 aromatic carbocycles. The zero-order valence-electron chi connectivity index (χ0n) is 8.13. The Labute approximate surface area is 81.1 Å². The lowest BCUT2D eigenvalue weighted by Crippen LogP contribution is -2.26. The Morgan fingerprint density at radius 1 is 0.846 bits per heavy atom. The van der Waals surface area contributed by atoms with E-state index < -0.39 is 9.73 Å². The minimum atomic E-state index is -2.24. The van der Waals surface area contributed by atoms with Gasteiger partial charge in [0.1, 0.15) is 0 Å². The zero-order valence-corrected chi connectivity index (χ0v) is 8.94. The van der Waals surface area contributed by atoms with Crippen LogP contribution in [0.5, 0.6) is 0 Å². The average Bonchev–Trinajstić information content (AvgIpc) is 2.78. The molecular weight excluding hydrogens is 182 g/mol. The molecule has 0 atom stereocenters. The quantitative estimate of drug-likeness (QED) is 0.733. The molecule has 1 N–H and O–H groups in total. The highest BCUT2D eigenvalue weighted by molar-refractivity contribution is 7.93. The van der Waals surface area contributed by atoms with Gasteiger partial charge in [-0.25, -0.2) is 4.21 Å². The van der Waals surface area contributed by atoms with Gasteiger partial charge in [0.15, 0.2) is 0 Å². The summed E-state index contributed by atoms with van der Waals surface area (Å²) >= 11 is 0. The number of nitrogens with one attached hydrogen (secondary N) is 1. The first kappa shape index (κ1) is 9.50. The molecule has 0 radical (unpaired) electrons. The van der Waals surface area contributed by atoms with Crippen molar-refractivity contribution >= 4 is 9.73 Å². The predicted octanol–water partition coefficient (Wildman–Crippen LogP) is 2.92. The Bertz CT molecular complexity index is 237. The van der Waals surface area contributed by atoms with E-state index in [2.05, 4.69) is 0 Å². The van der Waals surface area contributed by atoms with Crippen molar-refractivity contribution in [3.63, 3.8) is 0 Å². The molecule has 2 nitrogen and oxygen atoms in total. The lowest BCUT2D eigenvalue weighted by Gasteiger charge is -2.20. The molecule has 2 fully saturated rings. The lowest BCUT2D eigenvalue weighted by atomic mass is 10.4. The SMILES string of the molecule is N=S(=O)(C1CCCC1)C1CCCC1. The fourth-order valence-corrected chi connectivity index (χ4v) is 5.36. The molecule has 13 heavy (non-hydrogen) atoms. The van der Waals surface area contributed by atoms with Crippen LogP contribution < -0.4 is 0 Å². The van der Waals surface area contributed by atoms with Gasteiger partial charge in [-0.15, -0.1) is 0 Å². The molecule has 2 aliphatic carbocycles. The second-order valence-corrected chi connectivity index (χ2v) is 7.09. The van der Waals surface area contributed by atoms with Crippen molar-refractivity contribution in [2.75, 3.05) is 0 Å². The van der Waals surface area contributed by atoms with E-state index in [1.165, 1.54) is 25.7 Å². The molecule has 2 rings (SSSR count). The van der Waals surface area contributed by atoms with E-state index in [1.807, 2.05) is 0 Å². The molecular formula is C10H19NOS. The highest BCUT2D eigenvalue weighted by atomic mass is 32.2. The van der Waals surface area contributed by atoms with Gasteiger partial charge in [0.2, 0.25) is 0 Å². The summed E-state index contributed by atoms with van der Waals surface area (Å²) in [5.41, 5.74) is 0. The molecule has 0 aromatic heterocycles. The number of hydrogen-bond donors (Lipinski definition) is 1. The molecule has 0 heterocycles. The van der Waals surface area contributed by atoms with Crippen LogP contribution in [0.15, 0.2) is 0 Å². The van der Waals surface area contributed by atoms with Crippen molar-refractivity contribution in [1.82, 2.24) is 0 Å². The second kappa shape index (κ2) is 3.60. The van der Waals surface area contributed by atoms with Gasteiger partial charge in [-0.3, -0.25) is 4.78 Å². The third-order valence-electron chi connectivity index (χ3n) is 3.59. The normalized spacial score (nSPS) is 27.1. The van der Waals surface area contributed by atoms with E-state index in [-0.39, 0.29) is 10.5 Å². The molecule has 0 saturated heterocycles. The topological polar surface area (TPSA) is 40.9 Å². The highest BCUT2D eigenvalue weighted by Gasteiger charge is 2.33. The summed E-state index contributed by atoms with van der Waals surface area (Å²) in [7, 11) is -2.24. The number of rotatable bonds is 2. The molecule has 0 bridgehead atoms. The van der Waals surface area contributed by atoms with Crippen LogP contribution in [0, 0.1) is 4.78 Å². The number of hydrogen-bond acceptors (Lipinski definition) is 2. The van der Waals surface area contributed by atoms with Crippen LogP contribution in [0.4, 0.5) is 0 Å². The van der Waals surface area contributed by atoms with Crippen LogP contribution in [0.2, 0.25) is 0 Å². The van der Waals surface area contributed by atoms with E-state index in [0.29, 0.717) is 0 Å². The molecule has 2 saturated carbocycles. The maximum absolute atomic E-state index is 12.3. The van der Waals surface area contributed by atoms with Gasteiger partial charge in [0, 0.05) is 20.2 Å². The smallest absolute Gasteiger partial charge is 0.0499 e. The standard InChI is InChI=1S/C10H19NOS/c11-13(12,9-5-1-2-6-9)10-7-3-4-8-10/h9-11H,1-8H2. The predicted molar refractivity (Wildman–Crippen MR) is 55.4 cm³/mol. The summed E-state index contributed by atoms with van der Waals surface area (Å²) in [6.45, 7) is 0. The molecule has 76 valence electrons. The summed E-state index contributed by atoms with van der Waals surface area (Å²) in [5, 5.41) is 0.492. The Morgan fingerprint density at radius 3 is 1.46 bits per heavy atom. The minimum absolute atomic E-state index is 0.246. The van der Waals surface area contributed by atoms with Crippen molar-refractivity contribution in [3.8, 4) is 0 Å². The van der Waals surface area contributed by atoms with Gasteiger partial charge in [-0.2, -0.15) is 0 Å². The molecule has 0 spiro atoms. The summed E-state index contributed by atoms with van der Waals surface area (Å²) in [6, 6.07) is 0. The Balaban J connectivity index is 2.09. The third kappa shape index (κ3) is 1.76. The molecule has 0 aromatic rings. The molecule has 0 aliphatic heterocycles. The van der Waals surface area contributed by atoms with E-state index in [0.717, 1.165) is 25.7 Å². The first-order valence-corrected chi connectivity index (χ1v) is 7.16. The van der Waals surface area contributed by atoms with Crippen molar-refractivity contribution in [3.05, 3.63) is 0 Å². The van der Waals surface area contributed by atoms with Gasteiger partial charge in [0.25, 0.3) is 0 Å². The largest absolute Gasteiger partial charge is 0.252 e. The van der Waals surface area contributed by atoms with Gasteiger partial charge in [-0.05, 0) is 25.7 Å². The summed E-state index contributed by atoms with van der Waals surface area (Å²) < 4.78 is 20.3. The Morgan fingerprint density at radius 2 is 1.15 bits per heavy atom. The first-order chi connectivity index (χ1) is 6.21. The van der Waals surface area contributed by atoms with Crippen LogP contribution in [-0.4, -0.2) is 14.7 Å². The highest BCUT2D eigenvalue weighted by Crippen LogP contribution is 2.34. The van der Waals surface area contributed by atoms with E-state index in [9.17, 15) is 4.21 Å². The third-order valence-corrected chi connectivity index (χ3v) is 6.52. The maximum atomic E-state index is 12.3. The van der Waals surface area contributed by atoms with Crippen LogP contribution in [0.1, 0.15) is 51.4 Å².